The van der Waals surface area contributed by atoms with Gasteiger partial charge in [-0.05, 0) is 31.2 Å². The highest BCUT2D eigenvalue weighted by atomic mass is 16.5. The van der Waals surface area contributed by atoms with Gasteiger partial charge in [-0.3, -0.25) is 18.7 Å². The number of Topliss-reactive ketones (excluding diaryl/α,β-unsaturated/α-hetero) is 1. The van der Waals surface area contributed by atoms with Crippen molar-refractivity contribution in [3.63, 3.8) is 0 Å². The second kappa shape index (κ2) is 8.09. The van der Waals surface area contributed by atoms with Gasteiger partial charge < -0.3 is 19.7 Å². The van der Waals surface area contributed by atoms with Crippen molar-refractivity contribution in [2.24, 2.45) is 0 Å². The molecule has 1 saturated heterocycles. The number of aliphatic hydroxyl groups is 2. The predicted molar refractivity (Wildman–Crippen MR) is 98.6 cm³/mol. The summed E-state index contributed by atoms with van der Waals surface area (Å²) in [5.41, 5.74) is -0.686. The van der Waals surface area contributed by atoms with Crippen LogP contribution in [-0.2, 0) is 11.3 Å². The van der Waals surface area contributed by atoms with Gasteiger partial charge in [-0.2, -0.15) is 0 Å². The van der Waals surface area contributed by atoms with E-state index >= 15 is 0 Å². The summed E-state index contributed by atoms with van der Waals surface area (Å²) in [5, 5.41) is 19.1. The summed E-state index contributed by atoms with van der Waals surface area (Å²) in [7, 11) is 1.51. The Balaban J connectivity index is 1.93. The molecule has 0 spiro atoms. The number of benzene rings is 1. The maximum absolute atomic E-state index is 12.8. The zero-order chi connectivity index (χ0) is 20.4. The molecule has 9 heteroatoms. The minimum Gasteiger partial charge on any atom is -0.497 e. The van der Waals surface area contributed by atoms with Gasteiger partial charge in [0.15, 0.2) is 5.78 Å². The second-order valence-electron chi connectivity index (χ2n) is 6.66. The van der Waals surface area contributed by atoms with Crippen molar-refractivity contribution >= 4 is 5.78 Å². The van der Waals surface area contributed by atoms with Crippen LogP contribution in [0, 0.1) is 6.92 Å². The summed E-state index contributed by atoms with van der Waals surface area (Å²) in [4.78, 5) is 37.8. The standard InChI is InChI=1S/C19H22N2O7/c1-11-8-20(17-7-14(23)16(10-22)28-17)19(26)21(18(11)25)9-15(24)12-3-5-13(27-2)6-4-12/h3-6,8,14,16-17,22-23H,7,9-10H2,1-2H3/t14-,16+,17+/m0/s1. The summed E-state index contributed by atoms with van der Waals surface area (Å²) in [5.74, 6) is 0.182. The maximum atomic E-state index is 12.8. The molecular formula is C19H22N2O7. The number of carbonyl (C=O) groups excluding carboxylic acids is 1. The van der Waals surface area contributed by atoms with Crippen LogP contribution in [-0.4, -0.2) is 51.1 Å². The number of rotatable bonds is 6. The van der Waals surface area contributed by atoms with Crippen LogP contribution < -0.4 is 16.0 Å². The minimum absolute atomic E-state index is 0.0925. The molecule has 3 rings (SSSR count). The molecule has 1 aliphatic rings. The molecular weight excluding hydrogens is 368 g/mol. The molecule has 1 aromatic heterocycles. The number of hydrogen-bond donors (Lipinski definition) is 2. The molecule has 2 heterocycles. The van der Waals surface area contributed by atoms with Gasteiger partial charge in [0.05, 0.1) is 26.4 Å². The first kappa shape index (κ1) is 20.0. The van der Waals surface area contributed by atoms with Gasteiger partial charge in [-0.25, -0.2) is 4.79 Å². The van der Waals surface area contributed by atoms with Gasteiger partial charge in [0.2, 0.25) is 0 Å². The van der Waals surface area contributed by atoms with E-state index in [0.29, 0.717) is 11.3 Å². The number of aryl methyl sites for hydroxylation is 1. The van der Waals surface area contributed by atoms with E-state index in [9.17, 15) is 24.6 Å². The molecule has 1 aromatic carbocycles. The van der Waals surface area contributed by atoms with Crippen molar-refractivity contribution in [1.29, 1.82) is 0 Å². The molecule has 0 amide bonds. The molecule has 2 aromatic rings. The number of ether oxygens (including phenoxy) is 2. The van der Waals surface area contributed by atoms with Gasteiger partial charge in [0.25, 0.3) is 5.56 Å². The normalized spacial score (nSPS) is 21.6. The lowest BCUT2D eigenvalue weighted by Gasteiger charge is -2.17. The Morgan fingerprint density at radius 2 is 1.96 bits per heavy atom. The quantitative estimate of drug-likeness (QED) is 0.658. The zero-order valence-electron chi connectivity index (χ0n) is 15.6. The SMILES string of the molecule is COc1ccc(C(=O)Cn2c(=O)c(C)cn([C@H]3C[C@H](O)[C@@H](CO)O3)c2=O)cc1. The lowest BCUT2D eigenvalue weighted by atomic mass is 10.1. The van der Waals surface area contributed by atoms with Crippen LogP contribution >= 0.6 is 0 Å². The van der Waals surface area contributed by atoms with Crippen LogP contribution in [0.15, 0.2) is 40.1 Å². The number of carbonyl (C=O) groups is 1. The maximum Gasteiger partial charge on any atom is 0.333 e. The monoisotopic (exact) mass is 390 g/mol. The van der Waals surface area contributed by atoms with E-state index in [-0.39, 0.29) is 18.6 Å². The molecule has 0 radical (unpaired) electrons. The molecule has 2 N–H and O–H groups in total. The molecule has 150 valence electrons. The van der Waals surface area contributed by atoms with Crippen LogP contribution in [0.4, 0.5) is 0 Å². The molecule has 0 aliphatic carbocycles. The molecule has 0 bridgehead atoms. The highest BCUT2D eigenvalue weighted by molar-refractivity contribution is 5.96. The Labute approximate surface area is 160 Å². The third-order valence-corrected chi connectivity index (χ3v) is 4.78. The summed E-state index contributed by atoms with van der Waals surface area (Å²) in [6.45, 7) is 0.715. The first-order valence-electron chi connectivity index (χ1n) is 8.80. The fourth-order valence-corrected chi connectivity index (χ4v) is 3.17. The molecule has 1 fully saturated rings. The summed E-state index contributed by atoms with van der Waals surface area (Å²) in [6, 6.07) is 6.35. The van der Waals surface area contributed by atoms with Crippen molar-refractivity contribution < 1.29 is 24.5 Å². The van der Waals surface area contributed by atoms with Crippen LogP contribution in [0.1, 0.15) is 28.6 Å². The highest BCUT2D eigenvalue weighted by Crippen LogP contribution is 2.27. The van der Waals surface area contributed by atoms with Crippen LogP contribution in [0.2, 0.25) is 0 Å². The van der Waals surface area contributed by atoms with E-state index < -0.39 is 42.0 Å². The number of methoxy groups -OCH3 is 1. The summed E-state index contributed by atoms with van der Waals surface area (Å²) in [6.07, 6.45) is -1.13. The van der Waals surface area contributed by atoms with E-state index in [4.69, 9.17) is 9.47 Å². The number of ketones is 1. The molecule has 0 unspecified atom stereocenters. The topological polar surface area (TPSA) is 120 Å². The van der Waals surface area contributed by atoms with Crippen molar-refractivity contribution in [2.75, 3.05) is 13.7 Å². The zero-order valence-corrected chi connectivity index (χ0v) is 15.6. The third-order valence-electron chi connectivity index (χ3n) is 4.78. The molecule has 3 atom stereocenters. The smallest absolute Gasteiger partial charge is 0.333 e. The molecule has 0 saturated carbocycles. The van der Waals surface area contributed by atoms with E-state index in [2.05, 4.69) is 0 Å². The van der Waals surface area contributed by atoms with E-state index in [1.165, 1.54) is 24.8 Å². The Bertz CT molecular complexity index is 977. The molecule has 28 heavy (non-hydrogen) atoms. The third kappa shape index (κ3) is 3.77. The Morgan fingerprint density at radius 1 is 1.29 bits per heavy atom. The largest absolute Gasteiger partial charge is 0.497 e. The lowest BCUT2D eigenvalue weighted by Crippen LogP contribution is -2.43. The predicted octanol–water partition coefficient (Wildman–Crippen LogP) is -0.149. The van der Waals surface area contributed by atoms with E-state index in [1.54, 1.807) is 24.3 Å². The van der Waals surface area contributed by atoms with Gasteiger partial charge in [0.1, 0.15) is 18.1 Å². The summed E-state index contributed by atoms with van der Waals surface area (Å²) < 4.78 is 12.6. The molecule has 1 aliphatic heterocycles. The van der Waals surface area contributed by atoms with E-state index in [1.807, 2.05) is 0 Å². The number of hydrogen-bond acceptors (Lipinski definition) is 7. The van der Waals surface area contributed by atoms with Gasteiger partial charge >= 0.3 is 5.69 Å². The number of aromatic nitrogens is 2. The van der Waals surface area contributed by atoms with Crippen LogP contribution in [0.25, 0.3) is 0 Å². The Kier molecular flexibility index (Phi) is 5.78. The van der Waals surface area contributed by atoms with Crippen molar-refractivity contribution in [3.05, 3.63) is 62.4 Å². The highest BCUT2D eigenvalue weighted by Gasteiger charge is 2.35. The van der Waals surface area contributed by atoms with Crippen LogP contribution in [0.5, 0.6) is 5.75 Å². The lowest BCUT2D eigenvalue weighted by molar-refractivity contribution is -0.0463. The van der Waals surface area contributed by atoms with Crippen molar-refractivity contribution in [2.45, 2.75) is 38.3 Å². The fourth-order valence-electron chi connectivity index (χ4n) is 3.17. The van der Waals surface area contributed by atoms with Crippen molar-refractivity contribution in [3.8, 4) is 5.75 Å². The van der Waals surface area contributed by atoms with Gasteiger partial charge in [-0.1, -0.05) is 0 Å². The van der Waals surface area contributed by atoms with E-state index in [0.717, 1.165) is 4.57 Å². The second-order valence-corrected chi connectivity index (χ2v) is 6.66. The summed E-state index contributed by atoms with van der Waals surface area (Å²) >= 11 is 0. The van der Waals surface area contributed by atoms with Gasteiger partial charge in [0, 0.05) is 23.7 Å². The minimum atomic E-state index is -0.927. The fraction of sp³-hybridized carbons (Fsp3) is 0.421. The molecule has 9 nitrogen and oxygen atoms in total. The van der Waals surface area contributed by atoms with Crippen LogP contribution in [0.3, 0.4) is 0 Å². The Hall–Kier alpha value is -2.75. The first-order valence-corrected chi connectivity index (χ1v) is 8.80. The number of aliphatic hydroxyl groups excluding tert-OH is 2. The average Bonchev–Trinajstić information content (AvgIpc) is 3.08. The average molecular weight is 390 g/mol. The van der Waals surface area contributed by atoms with Crippen molar-refractivity contribution in [1.82, 2.24) is 9.13 Å². The van der Waals surface area contributed by atoms with Gasteiger partial charge in [-0.15, -0.1) is 0 Å². The Morgan fingerprint density at radius 3 is 2.54 bits per heavy atom. The number of nitrogens with zero attached hydrogens (tertiary/aromatic N) is 2. The first-order chi connectivity index (χ1) is 13.3.